The van der Waals surface area contributed by atoms with Crippen LogP contribution < -0.4 is 11.5 Å². The first-order valence-corrected chi connectivity index (χ1v) is 4.87. The van der Waals surface area contributed by atoms with Gasteiger partial charge >= 0.3 is 0 Å². The molecule has 0 radical (unpaired) electrons. The van der Waals surface area contributed by atoms with E-state index in [1.165, 1.54) is 0 Å². The fraction of sp³-hybridized carbons (Fsp3) is 0.250. The van der Waals surface area contributed by atoms with Crippen molar-refractivity contribution in [3.8, 4) is 5.75 Å². The fourth-order valence-electron chi connectivity index (χ4n) is 1.03. The Morgan fingerprint density at radius 3 is 2.69 bits per heavy atom. The summed E-state index contributed by atoms with van der Waals surface area (Å²) >= 11 is 9.03. The summed E-state index contributed by atoms with van der Waals surface area (Å²) in [7, 11) is 0. The first kappa shape index (κ1) is 10.8. The Hall–Kier alpha value is -0.290. The molecular weight excluding hydrogens is 255 g/mol. The number of aromatic hydroxyl groups is 1. The molecule has 1 unspecified atom stereocenters. The van der Waals surface area contributed by atoms with Crippen LogP contribution >= 0.6 is 27.5 Å². The van der Waals surface area contributed by atoms with Crippen molar-refractivity contribution < 1.29 is 5.11 Å². The largest absolute Gasteiger partial charge is 0.506 e. The van der Waals surface area contributed by atoms with Gasteiger partial charge in [0.2, 0.25) is 0 Å². The summed E-state index contributed by atoms with van der Waals surface area (Å²) in [6, 6.07) is 2.88. The van der Waals surface area contributed by atoms with Gasteiger partial charge < -0.3 is 16.6 Å². The number of nitrogens with two attached hydrogens (primary N) is 2. The van der Waals surface area contributed by atoms with E-state index < -0.39 is 6.04 Å². The molecule has 3 nitrogen and oxygen atoms in total. The van der Waals surface area contributed by atoms with E-state index in [4.69, 9.17) is 23.1 Å². The summed E-state index contributed by atoms with van der Waals surface area (Å²) in [6.45, 7) is 0.240. The highest BCUT2D eigenvalue weighted by molar-refractivity contribution is 9.10. The summed E-state index contributed by atoms with van der Waals surface area (Å²) in [5.74, 6) is 0.0606. The Balaban J connectivity index is 3.25. The second-order valence-electron chi connectivity index (χ2n) is 2.63. The normalized spacial score (nSPS) is 12.9. The number of halogens is 2. The van der Waals surface area contributed by atoms with Gasteiger partial charge in [0.25, 0.3) is 0 Å². The topological polar surface area (TPSA) is 72.3 Å². The first-order chi connectivity index (χ1) is 6.07. The Bertz CT molecular complexity index is 319. The zero-order valence-electron chi connectivity index (χ0n) is 6.80. The lowest BCUT2D eigenvalue weighted by Gasteiger charge is -2.13. The van der Waals surface area contributed by atoms with Gasteiger partial charge in [-0.25, -0.2) is 0 Å². The average Bonchev–Trinajstić information content (AvgIpc) is 2.12. The van der Waals surface area contributed by atoms with Crippen molar-refractivity contribution >= 4 is 27.5 Å². The summed E-state index contributed by atoms with van der Waals surface area (Å²) in [6.07, 6.45) is 0. The maximum Gasteiger partial charge on any atom is 0.136 e. The molecule has 1 aromatic rings. The maximum atomic E-state index is 9.61. The highest BCUT2D eigenvalue weighted by Gasteiger charge is 2.15. The van der Waals surface area contributed by atoms with Crippen LogP contribution in [-0.4, -0.2) is 11.7 Å². The number of benzene rings is 1. The van der Waals surface area contributed by atoms with Gasteiger partial charge in [0, 0.05) is 23.2 Å². The number of rotatable bonds is 2. The molecule has 1 rings (SSSR count). The van der Waals surface area contributed by atoms with Crippen LogP contribution in [-0.2, 0) is 0 Å². The predicted molar refractivity (Wildman–Crippen MR) is 56.8 cm³/mol. The van der Waals surface area contributed by atoms with Crippen LogP contribution in [0.3, 0.4) is 0 Å². The van der Waals surface area contributed by atoms with Crippen LogP contribution in [0.5, 0.6) is 5.75 Å². The van der Waals surface area contributed by atoms with Gasteiger partial charge in [0.1, 0.15) is 5.75 Å². The van der Waals surface area contributed by atoms with Crippen molar-refractivity contribution in [1.82, 2.24) is 0 Å². The van der Waals surface area contributed by atoms with Crippen LogP contribution in [0.15, 0.2) is 16.6 Å². The monoisotopic (exact) mass is 264 g/mol. The third kappa shape index (κ3) is 2.14. The lowest BCUT2D eigenvalue weighted by Crippen LogP contribution is -2.21. The Morgan fingerprint density at radius 1 is 1.54 bits per heavy atom. The minimum atomic E-state index is -0.440. The van der Waals surface area contributed by atoms with Crippen molar-refractivity contribution in [2.24, 2.45) is 11.5 Å². The Kier molecular flexibility index (Phi) is 3.55. The molecule has 0 bridgehead atoms. The van der Waals surface area contributed by atoms with E-state index >= 15 is 0 Å². The molecule has 1 atom stereocenters. The SMILES string of the molecule is NCC(N)c1c(Cl)ccc(Br)c1O. The summed E-state index contributed by atoms with van der Waals surface area (Å²) in [5, 5.41) is 10.0. The molecule has 13 heavy (non-hydrogen) atoms. The van der Waals surface area contributed by atoms with Crippen molar-refractivity contribution in [1.29, 1.82) is 0 Å². The molecule has 0 amide bonds. The van der Waals surface area contributed by atoms with E-state index in [0.29, 0.717) is 15.1 Å². The van der Waals surface area contributed by atoms with Gasteiger partial charge in [-0.15, -0.1) is 0 Å². The van der Waals surface area contributed by atoms with Crippen LogP contribution in [0.4, 0.5) is 0 Å². The molecule has 0 saturated carbocycles. The molecule has 0 aromatic heterocycles. The molecule has 1 aromatic carbocycles. The van der Waals surface area contributed by atoms with Gasteiger partial charge in [-0.1, -0.05) is 11.6 Å². The lowest BCUT2D eigenvalue weighted by atomic mass is 10.1. The summed E-state index contributed by atoms with van der Waals surface area (Å²) in [5.41, 5.74) is 11.5. The lowest BCUT2D eigenvalue weighted by molar-refractivity contribution is 0.458. The van der Waals surface area contributed by atoms with E-state index in [0.717, 1.165) is 0 Å². The zero-order valence-corrected chi connectivity index (χ0v) is 9.14. The van der Waals surface area contributed by atoms with Crippen LogP contribution in [0.1, 0.15) is 11.6 Å². The van der Waals surface area contributed by atoms with E-state index in [1.54, 1.807) is 12.1 Å². The molecule has 72 valence electrons. The van der Waals surface area contributed by atoms with Crippen LogP contribution in [0.25, 0.3) is 0 Å². The van der Waals surface area contributed by atoms with E-state index in [1.807, 2.05) is 0 Å². The summed E-state index contributed by atoms with van der Waals surface area (Å²) in [4.78, 5) is 0. The van der Waals surface area contributed by atoms with Gasteiger partial charge in [0.05, 0.1) is 4.47 Å². The number of phenolic OH excluding ortho intramolecular Hbond substituents is 1. The molecule has 0 spiro atoms. The quantitative estimate of drug-likeness (QED) is 0.763. The molecule has 0 aliphatic carbocycles. The molecule has 0 aliphatic rings. The minimum absolute atomic E-state index is 0.0606. The molecule has 0 fully saturated rings. The molecule has 5 heteroatoms. The predicted octanol–water partition coefficient (Wildman–Crippen LogP) is 1.77. The molecular formula is C8H10BrClN2O. The van der Waals surface area contributed by atoms with Crippen molar-refractivity contribution in [2.45, 2.75) is 6.04 Å². The summed E-state index contributed by atoms with van der Waals surface area (Å²) < 4.78 is 0.566. The Morgan fingerprint density at radius 2 is 2.15 bits per heavy atom. The second kappa shape index (κ2) is 4.28. The highest BCUT2D eigenvalue weighted by atomic mass is 79.9. The van der Waals surface area contributed by atoms with E-state index in [2.05, 4.69) is 15.9 Å². The minimum Gasteiger partial charge on any atom is -0.506 e. The number of hydrogen-bond acceptors (Lipinski definition) is 3. The number of phenols is 1. The first-order valence-electron chi connectivity index (χ1n) is 3.70. The third-order valence-corrected chi connectivity index (χ3v) is 2.71. The van der Waals surface area contributed by atoms with Crippen molar-refractivity contribution in [3.63, 3.8) is 0 Å². The van der Waals surface area contributed by atoms with Gasteiger partial charge in [0.15, 0.2) is 0 Å². The van der Waals surface area contributed by atoms with Crippen LogP contribution in [0.2, 0.25) is 5.02 Å². The maximum absolute atomic E-state index is 9.61. The molecule has 0 saturated heterocycles. The van der Waals surface area contributed by atoms with E-state index in [9.17, 15) is 5.11 Å². The molecule has 0 aliphatic heterocycles. The standard InChI is InChI=1S/C8H10BrClN2O/c9-4-1-2-5(10)7(8(4)13)6(12)3-11/h1-2,6,13H,3,11-12H2. The Labute approximate surface area is 89.8 Å². The molecule has 5 N–H and O–H groups in total. The molecule has 0 heterocycles. The second-order valence-corrected chi connectivity index (χ2v) is 3.90. The van der Waals surface area contributed by atoms with E-state index in [-0.39, 0.29) is 12.3 Å². The highest BCUT2D eigenvalue weighted by Crippen LogP contribution is 2.35. The average molecular weight is 266 g/mol. The van der Waals surface area contributed by atoms with Crippen molar-refractivity contribution in [3.05, 3.63) is 27.2 Å². The van der Waals surface area contributed by atoms with Crippen LogP contribution in [0, 0.1) is 0 Å². The van der Waals surface area contributed by atoms with Gasteiger partial charge in [-0.3, -0.25) is 0 Å². The van der Waals surface area contributed by atoms with Gasteiger partial charge in [-0.05, 0) is 28.1 Å². The third-order valence-electron chi connectivity index (χ3n) is 1.74. The van der Waals surface area contributed by atoms with Gasteiger partial charge in [-0.2, -0.15) is 0 Å². The number of hydrogen-bond donors (Lipinski definition) is 3. The fourth-order valence-corrected chi connectivity index (χ4v) is 1.67. The zero-order chi connectivity index (χ0) is 10.0. The smallest absolute Gasteiger partial charge is 0.136 e. The van der Waals surface area contributed by atoms with Crippen molar-refractivity contribution in [2.75, 3.05) is 6.54 Å².